The fourth-order valence-electron chi connectivity index (χ4n) is 5.64. The SMILES string of the molecule is CN(CCCNc1nc(CN(C)C2CCC(C(C)(C)C)CC2)nc2ccccc12)CCOCCOCCOCCN=[N+]=[N-]. The van der Waals surface area contributed by atoms with Gasteiger partial charge >= 0.3 is 0 Å². The molecule has 43 heavy (non-hydrogen) atoms. The Balaban J connectivity index is 1.34. The third kappa shape index (κ3) is 12.9. The average Bonchev–Trinajstić information content (AvgIpc) is 2.99. The number of nitrogens with zero attached hydrogens (tertiary/aromatic N) is 7. The lowest BCUT2D eigenvalue weighted by molar-refractivity contribution is 0.0129. The molecule has 0 amide bonds. The van der Waals surface area contributed by atoms with Crippen LogP contribution in [-0.4, -0.2) is 106 Å². The highest BCUT2D eigenvalue weighted by atomic mass is 16.5. The summed E-state index contributed by atoms with van der Waals surface area (Å²) >= 11 is 0. The normalized spacial score (nSPS) is 17.5. The van der Waals surface area contributed by atoms with E-state index in [0.717, 1.165) is 61.1 Å². The Morgan fingerprint density at radius 3 is 2.30 bits per heavy atom. The van der Waals surface area contributed by atoms with Crippen LogP contribution in [0.2, 0.25) is 0 Å². The minimum Gasteiger partial charge on any atom is -0.379 e. The highest BCUT2D eigenvalue weighted by Crippen LogP contribution is 2.39. The fraction of sp³-hybridized carbons (Fsp3) is 0.750. The first kappa shape index (κ1) is 35.0. The standard InChI is InChI=1S/C32H54N8O3/c1-32(2,3)26-11-13-27(14-12-26)40(5)25-30-36-29-10-7-6-9-28(29)31(37-30)34-15-8-17-39(4)18-20-42-22-24-43-23-21-41-19-16-35-38-33/h6-7,9-10,26-27H,8,11-25H2,1-5H3,(H,34,36,37). The van der Waals surface area contributed by atoms with Crippen LogP contribution in [-0.2, 0) is 20.8 Å². The monoisotopic (exact) mass is 598 g/mol. The van der Waals surface area contributed by atoms with E-state index in [1.165, 1.54) is 25.7 Å². The zero-order chi connectivity index (χ0) is 30.9. The number of aromatic nitrogens is 2. The second kappa shape index (κ2) is 19.0. The zero-order valence-corrected chi connectivity index (χ0v) is 27.1. The van der Waals surface area contributed by atoms with Gasteiger partial charge in [0.2, 0.25) is 0 Å². The summed E-state index contributed by atoms with van der Waals surface area (Å²) < 4.78 is 16.5. The molecule has 3 rings (SSSR count). The van der Waals surface area contributed by atoms with Crippen molar-refractivity contribution in [2.75, 3.05) is 85.2 Å². The molecule has 1 fully saturated rings. The van der Waals surface area contributed by atoms with Crippen molar-refractivity contribution < 1.29 is 14.2 Å². The third-order valence-electron chi connectivity index (χ3n) is 8.35. The number of hydrogen-bond acceptors (Lipinski definition) is 9. The van der Waals surface area contributed by atoms with Gasteiger partial charge in [-0.25, -0.2) is 9.97 Å². The molecule has 2 aromatic rings. The van der Waals surface area contributed by atoms with Crippen molar-refractivity contribution in [1.82, 2.24) is 19.8 Å². The number of benzene rings is 1. The van der Waals surface area contributed by atoms with Crippen LogP contribution in [0.3, 0.4) is 0 Å². The molecule has 11 heteroatoms. The van der Waals surface area contributed by atoms with E-state index in [1.54, 1.807) is 0 Å². The number of anilines is 1. The number of hydrogen-bond donors (Lipinski definition) is 1. The molecule has 0 aliphatic heterocycles. The minimum atomic E-state index is 0.346. The van der Waals surface area contributed by atoms with Gasteiger partial charge in [-0.15, -0.1) is 0 Å². The molecule has 1 saturated carbocycles. The summed E-state index contributed by atoms with van der Waals surface area (Å²) in [5, 5.41) is 8.08. The van der Waals surface area contributed by atoms with Gasteiger partial charge in [-0.2, -0.15) is 0 Å². The first-order valence-corrected chi connectivity index (χ1v) is 15.9. The minimum absolute atomic E-state index is 0.346. The van der Waals surface area contributed by atoms with Crippen molar-refractivity contribution in [1.29, 1.82) is 0 Å². The maximum atomic E-state index is 8.21. The molecule has 11 nitrogen and oxygen atoms in total. The summed E-state index contributed by atoms with van der Waals surface area (Å²) in [4.78, 5) is 17.3. The molecule has 1 N–H and O–H groups in total. The summed E-state index contributed by atoms with van der Waals surface area (Å²) in [6.07, 6.45) is 6.11. The van der Waals surface area contributed by atoms with Gasteiger partial charge in [-0.3, -0.25) is 4.90 Å². The van der Waals surface area contributed by atoms with Crippen molar-refractivity contribution in [2.24, 2.45) is 16.4 Å². The highest BCUT2D eigenvalue weighted by Gasteiger charge is 2.31. The second-order valence-corrected chi connectivity index (χ2v) is 12.7. The zero-order valence-electron chi connectivity index (χ0n) is 27.1. The molecule has 0 radical (unpaired) electrons. The van der Waals surface area contributed by atoms with Crippen LogP contribution in [0.1, 0.15) is 58.7 Å². The summed E-state index contributed by atoms with van der Waals surface area (Å²) in [5.41, 5.74) is 9.60. The van der Waals surface area contributed by atoms with E-state index in [0.29, 0.717) is 57.6 Å². The Kier molecular flexibility index (Phi) is 15.4. The van der Waals surface area contributed by atoms with Gasteiger partial charge in [-0.1, -0.05) is 38.0 Å². The number of rotatable bonds is 20. The van der Waals surface area contributed by atoms with E-state index in [4.69, 9.17) is 29.7 Å². The van der Waals surface area contributed by atoms with Crippen LogP contribution in [0.4, 0.5) is 5.82 Å². The number of nitrogens with one attached hydrogen (secondary N) is 1. The smallest absolute Gasteiger partial charge is 0.145 e. The summed E-state index contributed by atoms with van der Waals surface area (Å²) in [6, 6.07) is 8.89. The van der Waals surface area contributed by atoms with E-state index in [9.17, 15) is 0 Å². The van der Waals surface area contributed by atoms with Crippen molar-refractivity contribution in [3.05, 3.63) is 40.5 Å². The predicted molar refractivity (Wildman–Crippen MR) is 173 cm³/mol. The Morgan fingerprint density at radius 2 is 1.60 bits per heavy atom. The first-order chi connectivity index (χ1) is 20.8. The molecule has 0 spiro atoms. The number of fused-ring (bicyclic) bond motifs is 1. The molecule has 1 aliphatic rings. The molecule has 1 aromatic carbocycles. The molecule has 1 heterocycles. The van der Waals surface area contributed by atoms with Crippen molar-refractivity contribution in [2.45, 2.75) is 65.5 Å². The lowest BCUT2D eigenvalue weighted by atomic mass is 9.71. The molecule has 0 saturated heterocycles. The lowest BCUT2D eigenvalue weighted by Gasteiger charge is -2.39. The molecule has 0 bridgehead atoms. The van der Waals surface area contributed by atoms with E-state index in [2.05, 4.69) is 84.3 Å². The Bertz CT molecular complexity index is 1110. The van der Waals surface area contributed by atoms with Gasteiger partial charge in [0, 0.05) is 36.0 Å². The van der Waals surface area contributed by atoms with Crippen LogP contribution in [0.25, 0.3) is 21.3 Å². The predicted octanol–water partition coefficient (Wildman–Crippen LogP) is 5.76. The summed E-state index contributed by atoms with van der Waals surface area (Å²) in [5.74, 6) is 2.63. The van der Waals surface area contributed by atoms with Gasteiger partial charge in [-0.05, 0) is 81.7 Å². The number of ether oxygens (including phenoxy) is 3. The van der Waals surface area contributed by atoms with E-state index < -0.39 is 0 Å². The molecular formula is C32H54N8O3. The third-order valence-corrected chi connectivity index (χ3v) is 8.35. The maximum Gasteiger partial charge on any atom is 0.145 e. The molecule has 240 valence electrons. The number of para-hydroxylation sites is 1. The fourth-order valence-corrected chi connectivity index (χ4v) is 5.64. The van der Waals surface area contributed by atoms with Crippen molar-refractivity contribution >= 4 is 16.7 Å². The second-order valence-electron chi connectivity index (χ2n) is 12.7. The number of azide groups is 1. The van der Waals surface area contributed by atoms with Crippen LogP contribution < -0.4 is 5.32 Å². The van der Waals surface area contributed by atoms with Crippen LogP contribution in [0.5, 0.6) is 0 Å². The van der Waals surface area contributed by atoms with Gasteiger partial charge in [0.1, 0.15) is 11.6 Å². The molecule has 0 unspecified atom stereocenters. The van der Waals surface area contributed by atoms with Gasteiger partial charge in [0.25, 0.3) is 0 Å². The van der Waals surface area contributed by atoms with Gasteiger partial charge in [0.05, 0.1) is 51.7 Å². The van der Waals surface area contributed by atoms with Crippen molar-refractivity contribution in [3.8, 4) is 0 Å². The van der Waals surface area contributed by atoms with Crippen LogP contribution in [0, 0.1) is 11.3 Å². The summed E-state index contributed by atoms with van der Waals surface area (Å²) in [6.45, 7) is 14.1. The van der Waals surface area contributed by atoms with Crippen molar-refractivity contribution in [3.63, 3.8) is 0 Å². The average molecular weight is 599 g/mol. The van der Waals surface area contributed by atoms with Crippen LogP contribution in [0.15, 0.2) is 29.4 Å². The highest BCUT2D eigenvalue weighted by molar-refractivity contribution is 5.88. The van der Waals surface area contributed by atoms with Gasteiger partial charge in [0.15, 0.2) is 0 Å². The Labute approximate surface area is 258 Å². The Morgan fingerprint density at radius 1 is 0.930 bits per heavy atom. The van der Waals surface area contributed by atoms with Crippen LogP contribution >= 0.6 is 0 Å². The number of likely N-dealkylation sites (N-methyl/N-ethyl adjacent to an activating group) is 1. The quantitative estimate of drug-likeness (QED) is 0.0884. The van der Waals surface area contributed by atoms with E-state index in [1.807, 2.05) is 0 Å². The lowest BCUT2D eigenvalue weighted by Crippen LogP contribution is -2.37. The summed E-state index contributed by atoms with van der Waals surface area (Å²) in [7, 11) is 4.35. The first-order valence-electron chi connectivity index (χ1n) is 15.9. The molecule has 1 aromatic heterocycles. The largest absolute Gasteiger partial charge is 0.379 e. The molecular weight excluding hydrogens is 544 g/mol. The molecule has 0 atom stereocenters. The van der Waals surface area contributed by atoms with Gasteiger partial charge < -0.3 is 24.4 Å². The Hall–Kier alpha value is -2.53. The van der Waals surface area contributed by atoms with E-state index in [-0.39, 0.29) is 0 Å². The van der Waals surface area contributed by atoms with E-state index >= 15 is 0 Å². The molecule has 1 aliphatic carbocycles. The topological polar surface area (TPSA) is 121 Å². The maximum absolute atomic E-state index is 8.21.